The molecule has 0 aliphatic rings. The lowest BCUT2D eigenvalue weighted by molar-refractivity contribution is 0.0986. The molecule has 1 aromatic carbocycles. The van der Waals surface area contributed by atoms with E-state index in [-0.39, 0.29) is 10.5 Å². The molecule has 0 bridgehead atoms. The highest BCUT2D eigenvalue weighted by molar-refractivity contribution is 6.59. The van der Waals surface area contributed by atoms with E-state index in [0.717, 1.165) is 0 Å². The summed E-state index contributed by atoms with van der Waals surface area (Å²) in [6.45, 7) is -0.471. The summed E-state index contributed by atoms with van der Waals surface area (Å²) in [5.74, 6) is 0.300. The lowest BCUT2D eigenvalue weighted by Gasteiger charge is -2.06. The third-order valence-electron chi connectivity index (χ3n) is 1.47. The predicted molar refractivity (Wildman–Crippen MR) is 49.0 cm³/mol. The molecule has 0 aromatic heterocycles. The van der Waals surface area contributed by atoms with Crippen LogP contribution in [-0.4, -0.2) is 29.1 Å². The van der Waals surface area contributed by atoms with E-state index in [9.17, 15) is 0 Å². The molecule has 0 saturated carbocycles. The first kappa shape index (κ1) is 10.3. The van der Waals surface area contributed by atoms with E-state index in [1.165, 1.54) is 18.2 Å². The van der Waals surface area contributed by atoms with Crippen molar-refractivity contribution >= 4 is 24.2 Å². The number of ether oxygens (including phenoxy) is 1. The summed E-state index contributed by atoms with van der Waals surface area (Å²) in [6, 6.07) is 4.26. The van der Waals surface area contributed by atoms with Crippen LogP contribution in [0, 0.1) is 0 Å². The van der Waals surface area contributed by atoms with E-state index < -0.39 is 13.9 Å². The molecular weight excluding hydrogens is 194 g/mol. The van der Waals surface area contributed by atoms with Crippen LogP contribution in [0.1, 0.15) is 0 Å². The molecule has 0 fully saturated rings. The Morgan fingerprint density at radius 3 is 2.54 bits per heavy atom. The first-order valence-electron chi connectivity index (χ1n) is 3.54. The van der Waals surface area contributed by atoms with Crippen LogP contribution in [-0.2, 0) is 0 Å². The van der Waals surface area contributed by atoms with Crippen LogP contribution in [0.2, 0.25) is 5.02 Å². The third-order valence-corrected chi connectivity index (χ3v) is 1.77. The second-order valence-electron chi connectivity index (χ2n) is 2.34. The number of aliphatic hydroxyl groups excluding tert-OH is 1. The molecule has 1 aromatic rings. The minimum absolute atomic E-state index is 0.222. The SMILES string of the molecule is OCOc1ccc(B(O)O)cc1Cl. The minimum Gasteiger partial charge on any atom is -0.466 e. The first-order valence-corrected chi connectivity index (χ1v) is 3.92. The van der Waals surface area contributed by atoms with Gasteiger partial charge in [-0.15, -0.1) is 0 Å². The fourth-order valence-electron chi connectivity index (χ4n) is 0.864. The summed E-state index contributed by atoms with van der Waals surface area (Å²) in [5.41, 5.74) is 0.273. The van der Waals surface area contributed by atoms with Gasteiger partial charge in [-0.05, 0) is 17.6 Å². The Labute approximate surface area is 80.5 Å². The molecule has 1 rings (SSSR count). The van der Waals surface area contributed by atoms with E-state index in [0.29, 0.717) is 5.75 Å². The number of hydrogen-bond donors (Lipinski definition) is 3. The highest BCUT2D eigenvalue weighted by Crippen LogP contribution is 2.21. The van der Waals surface area contributed by atoms with Crippen LogP contribution >= 0.6 is 11.6 Å². The average Bonchev–Trinajstić information content (AvgIpc) is 2.08. The van der Waals surface area contributed by atoms with Crippen molar-refractivity contribution in [2.24, 2.45) is 0 Å². The number of halogens is 1. The monoisotopic (exact) mass is 202 g/mol. The fraction of sp³-hybridized carbons (Fsp3) is 0.143. The quantitative estimate of drug-likeness (QED) is 0.450. The molecule has 0 saturated heterocycles. The molecule has 70 valence electrons. The van der Waals surface area contributed by atoms with Crippen molar-refractivity contribution in [1.82, 2.24) is 0 Å². The fourth-order valence-corrected chi connectivity index (χ4v) is 1.11. The number of hydrogen-bond acceptors (Lipinski definition) is 4. The van der Waals surface area contributed by atoms with E-state index in [1.54, 1.807) is 0 Å². The average molecular weight is 202 g/mol. The van der Waals surface area contributed by atoms with Gasteiger partial charge >= 0.3 is 7.12 Å². The third kappa shape index (κ3) is 2.60. The van der Waals surface area contributed by atoms with Crippen molar-refractivity contribution in [2.45, 2.75) is 0 Å². The Balaban J connectivity index is 2.92. The summed E-state index contributed by atoms with van der Waals surface area (Å²) < 4.78 is 4.73. The van der Waals surface area contributed by atoms with Gasteiger partial charge in [-0.3, -0.25) is 0 Å². The highest BCUT2D eigenvalue weighted by atomic mass is 35.5. The Morgan fingerprint density at radius 1 is 1.38 bits per heavy atom. The maximum absolute atomic E-state index is 8.78. The van der Waals surface area contributed by atoms with Gasteiger partial charge in [0.25, 0.3) is 0 Å². The lowest BCUT2D eigenvalue weighted by Crippen LogP contribution is -2.29. The normalized spacial score (nSPS) is 9.85. The standard InChI is InChI=1S/C7H8BClO4/c9-6-3-5(8(11)12)1-2-7(6)13-4-10/h1-3,10-12H,4H2. The van der Waals surface area contributed by atoms with Gasteiger partial charge in [-0.25, -0.2) is 0 Å². The van der Waals surface area contributed by atoms with Gasteiger partial charge in [0.15, 0.2) is 6.79 Å². The van der Waals surface area contributed by atoms with E-state index >= 15 is 0 Å². The van der Waals surface area contributed by atoms with Gasteiger partial charge in [0.1, 0.15) is 5.75 Å². The number of benzene rings is 1. The Bertz CT molecular complexity index is 292. The molecule has 0 amide bonds. The summed E-state index contributed by atoms with van der Waals surface area (Å²) in [4.78, 5) is 0. The summed E-state index contributed by atoms with van der Waals surface area (Å²) in [7, 11) is -1.55. The van der Waals surface area contributed by atoms with Gasteiger partial charge in [-0.2, -0.15) is 0 Å². The highest BCUT2D eigenvalue weighted by Gasteiger charge is 2.12. The van der Waals surface area contributed by atoms with Crippen molar-refractivity contribution in [3.63, 3.8) is 0 Å². The Morgan fingerprint density at radius 2 is 2.08 bits per heavy atom. The smallest absolute Gasteiger partial charge is 0.466 e. The predicted octanol–water partition coefficient (Wildman–Crippen LogP) is -0.652. The summed E-state index contributed by atoms with van der Waals surface area (Å²) >= 11 is 5.69. The van der Waals surface area contributed by atoms with Crippen LogP contribution in [0.25, 0.3) is 0 Å². The summed E-state index contributed by atoms with van der Waals surface area (Å²) in [6.07, 6.45) is 0. The first-order chi connectivity index (χ1) is 6.15. The zero-order chi connectivity index (χ0) is 9.84. The summed E-state index contributed by atoms with van der Waals surface area (Å²) in [5, 5.41) is 26.2. The van der Waals surface area contributed by atoms with Gasteiger partial charge in [0, 0.05) is 0 Å². The van der Waals surface area contributed by atoms with Crippen molar-refractivity contribution in [2.75, 3.05) is 6.79 Å². The molecule has 3 N–H and O–H groups in total. The zero-order valence-electron chi connectivity index (χ0n) is 6.64. The molecule has 0 spiro atoms. The van der Waals surface area contributed by atoms with E-state index in [1.807, 2.05) is 0 Å². The molecule has 0 atom stereocenters. The molecule has 4 nitrogen and oxygen atoms in total. The maximum atomic E-state index is 8.78. The minimum atomic E-state index is -1.55. The van der Waals surface area contributed by atoms with Crippen LogP contribution < -0.4 is 10.2 Å². The van der Waals surface area contributed by atoms with Crippen LogP contribution in [0.3, 0.4) is 0 Å². The molecule has 0 aliphatic carbocycles. The van der Waals surface area contributed by atoms with E-state index in [2.05, 4.69) is 0 Å². The maximum Gasteiger partial charge on any atom is 0.488 e. The molecular formula is C7H8BClO4. The van der Waals surface area contributed by atoms with Crippen LogP contribution in [0.5, 0.6) is 5.75 Å². The molecule has 6 heteroatoms. The number of aliphatic hydroxyl groups is 1. The van der Waals surface area contributed by atoms with Gasteiger partial charge < -0.3 is 19.9 Å². The van der Waals surface area contributed by atoms with Crippen molar-refractivity contribution in [3.05, 3.63) is 23.2 Å². The second kappa shape index (κ2) is 4.48. The topological polar surface area (TPSA) is 69.9 Å². The van der Waals surface area contributed by atoms with Gasteiger partial charge in [0.2, 0.25) is 0 Å². The van der Waals surface area contributed by atoms with Crippen molar-refractivity contribution < 1.29 is 19.9 Å². The largest absolute Gasteiger partial charge is 0.488 e. The van der Waals surface area contributed by atoms with Crippen molar-refractivity contribution in [1.29, 1.82) is 0 Å². The Hall–Kier alpha value is -0.745. The van der Waals surface area contributed by atoms with Gasteiger partial charge in [0.05, 0.1) is 5.02 Å². The molecule has 0 aliphatic heterocycles. The second-order valence-corrected chi connectivity index (χ2v) is 2.74. The lowest BCUT2D eigenvalue weighted by atomic mass is 9.80. The van der Waals surface area contributed by atoms with Crippen molar-refractivity contribution in [3.8, 4) is 5.75 Å². The molecule has 0 heterocycles. The van der Waals surface area contributed by atoms with Crippen LogP contribution in [0.4, 0.5) is 0 Å². The van der Waals surface area contributed by atoms with Crippen LogP contribution in [0.15, 0.2) is 18.2 Å². The Kier molecular flexibility index (Phi) is 3.56. The molecule has 13 heavy (non-hydrogen) atoms. The molecule has 0 unspecified atom stereocenters. The molecule has 0 radical (unpaired) electrons. The number of rotatable bonds is 3. The zero-order valence-corrected chi connectivity index (χ0v) is 7.40. The van der Waals surface area contributed by atoms with Gasteiger partial charge in [-0.1, -0.05) is 17.7 Å². The van der Waals surface area contributed by atoms with E-state index in [4.69, 9.17) is 31.5 Å².